The van der Waals surface area contributed by atoms with Crippen LogP contribution >= 0.6 is 7.60 Å². The van der Waals surface area contributed by atoms with Crippen molar-refractivity contribution in [1.82, 2.24) is 9.97 Å². The topological polar surface area (TPSA) is 171 Å². The second kappa shape index (κ2) is 8.92. The van der Waals surface area contributed by atoms with Crippen molar-refractivity contribution in [3.63, 3.8) is 0 Å². The Morgan fingerprint density at radius 2 is 2.04 bits per heavy atom. The second-order valence-electron chi connectivity index (χ2n) is 6.42. The maximum Gasteiger partial charge on any atom is 0.349 e. The zero-order valence-corrected chi connectivity index (χ0v) is 16.6. The molecular formula is C17H25N6O4P. The Morgan fingerprint density at radius 1 is 1.32 bits per heavy atom. The molecule has 0 amide bonds. The van der Waals surface area contributed by atoms with Gasteiger partial charge in [0.05, 0.1) is 5.56 Å². The smallest absolute Gasteiger partial charge is 0.349 e. The van der Waals surface area contributed by atoms with Crippen molar-refractivity contribution < 1.29 is 14.4 Å². The summed E-state index contributed by atoms with van der Waals surface area (Å²) in [5.41, 5.74) is 13.6. The van der Waals surface area contributed by atoms with Crippen molar-refractivity contribution >= 4 is 36.8 Å². The molecule has 1 heterocycles. The number of H-pyrrole nitrogens is 1. The Hall–Kier alpha value is -2.81. The molecule has 0 saturated heterocycles. The molecule has 0 spiro atoms. The fourth-order valence-electron chi connectivity index (χ4n) is 2.63. The number of nitrogens with one attached hydrogen (secondary N) is 2. The van der Waals surface area contributed by atoms with Crippen molar-refractivity contribution in [3.05, 3.63) is 45.5 Å². The Balaban J connectivity index is 2.03. The number of nitrogen functional groups attached to an aromatic ring is 2. The first-order valence-electron chi connectivity index (χ1n) is 8.50. The zero-order valence-electron chi connectivity index (χ0n) is 15.7. The molecular weight excluding hydrogens is 383 g/mol. The van der Waals surface area contributed by atoms with E-state index >= 15 is 0 Å². The molecule has 2 rings (SSSR count). The molecule has 0 fully saturated rings. The maximum atomic E-state index is 11.9. The number of benzene rings is 1. The molecule has 0 atom stereocenters. The molecule has 0 aliphatic carbocycles. The van der Waals surface area contributed by atoms with E-state index in [1.165, 1.54) is 6.08 Å². The molecule has 152 valence electrons. The van der Waals surface area contributed by atoms with E-state index in [0.717, 1.165) is 17.2 Å². The first kappa shape index (κ1) is 21.5. The lowest BCUT2D eigenvalue weighted by Gasteiger charge is -2.18. The van der Waals surface area contributed by atoms with Crippen LogP contribution in [0.3, 0.4) is 0 Å². The van der Waals surface area contributed by atoms with Crippen LogP contribution in [-0.2, 0) is 11.0 Å². The Morgan fingerprint density at radius 3 is 2.64 bits per heavy atom. The van der Waals surface area contributed by atoms with Crippen LogP contribution in [0.4, 0.5) is 23.1 Å². The summed E-state index contributed by atoms with van der Waals surface area (Å²) in [6, 6.07) is 5.47. The number of hydrogen-bond acceptors (Lipinski definition) is 7. The van der Waals surface area contributed by atoms with E-state index in [9.17, 15) is 9.36 Å². The summed E-state index contributed by atoms with van der Waals surface area (Å²) in [4.78, 5) is 38.0. The second-order valence-corrected chi connectivity index (χ2v) is 7.89. The lowest BCUT2D eigenvalue weighted by molar-refractivity contribution is 0.386. The van der Waals surface area contributed by atoms with Crippen molar-refractivity contribution in [1.29, 1.82) is 0 Å². The van der Waals surface area contributed by atoms with Gasteiger partial charge in [0.2, 0.25) is 5.95 Å². The molecule has 0 radical (unpaired) electrons. The number of nitrogens with zero attached hydrogens (tertiary/aromatic N) is 2. The molecule has 0 unspecified atom stereocenters. The third-order valence-corrected chi connectivity index (χ3v) is 4.50. The highest BCUT2D eigenvalue weighted by Gasteiger charge is 2.10. The summed E-state index contributed by atoms with van der Waals surface area (Å²) in [7, 11) is -0.533. The average Bonchev–Trinajstić information content (AvgIpc) is 2.58. The number of anilines is 4. The van der Waals surface area contributed by atoms with Crippen molar-refractivity contribution in [2.24, 2.45) is 0 Å². The van der Waals surface area contributed by atoms with Gasteiger partial charge in [0.1, 0.15) is 5.82 Å². The molecule has 1 aromatic heterocycles. The first-order chi connectivity index (χ1) is 13.1. The van der Waals surface area contributed by atoms with E-state index in [4.69, 9.17) is 21.3 Å². The quantitative estimate of drug-likeness (QED) is 0.277. The summed E-state index contributed by atoms with van der Waals surface area (Å²) in [5.74, 6) is 1.01. The lowest BCUT2D eigenvalue weighted by atomic mass is 10.1. The molecule has 1 aromatic carbocycles. The predicted octanol–water partition coefficient (Wildman–Crippen LogP) is 1.19. The Kier molecular flexibility index (Phi) is 6.85. The van der Waals surface area contributed by atoms with Crippen LogP contribution in [0, 0.1) is 0 Å². The van der Waals surface area contributed by atoms with Gasteiger partial charge in [0, 0.05) is 37.8 Å². The molecule has 2 aromatic rings. The van der Waals surface area contributed by atoms with Gasteiger partial charge in [-0.25, -0.2) is 0 Å². The predicted molar refractivity (Wildman–Crippen MR) is 112 cm³/mol. The van der Waals surface area contributed by atoms with E-state index in [0.29, 0.717) is 30.5 Å². The zero-order chi connectivity index (χ0) is 20.9. The van der Waals surface area contributed by atoms with E-state index < -0.39 is 7.60 Å². The van der Waals surface area contributed by atoms with Gasteiger partial charge in [0.15, 0.2) is 0 Å². The van der Waals surface area contributed by atoms with Crippen LogP contribution in [0.15, 0.2) is 28.8 Å². The van der Waals surface area contributed by atoms with Crippen LogP contribution in [0.5, 0.6) is 0 Å². The minimum Gasteiger partial charge on any atom is -0.385 e. The SMILES string of the molecule is CN(C)c1cc(NCCCc2c(N)nc(N)[nH]c2=O)ccc1/C=C/P(=O)(O)O. The Bertz CT molecular complexity index is 967. The highest BCUT2D eigenvalue weighted by molar-refractivity contribution is 7.55. The first-order valence-corrected chi connectivity index (χ1v) is 10.2. The summed E-state index contributed by atoms with van der Waals surface area (Å²) < 4.78 is 11.0. The van der Waals surface area contributed by atoms with Gasteiger partial charge < -0.3 is 31.5 Å². The fraction of sp³-hybridized carbons (Fsp3) is 0.294. The molecule has 0 aliphatic rings. The number of nitrogens with two attached hydrogens (primary N) is 2. The van der Waals surface area contributed by atoms with E-state index in [1.807, 2.05) is 31.1 Å². The van der Waals surface area contributed by atoms with Crippen LogP contribution in [-0.4, -0.2) is 40.4 Å². The standard InChI is InChI=1S/C17H25N6O4P/c1-23(2)14-10-12(6-5-11(14)7-9-28(25,26)27)20-8-3-4-13-15(18)21-17(19)22-16(13)24/h5-7,9-10,20H,3-4,8H2,1-2H3,(H2,25,26,27)(H5,18,19,21,22,24)/b9-7+. The number of hydrogen-bond donors (Lipinski definition) is 6. The third-order valence-electron chi connectivity index (χ3n) is 3.96. The minimum atomic E-state index is -4.22. The molecule has 0 saturated carbocycles. The van der Waals surface area contributed by atoms with Gasteiger partial charge in [-0.2, -0.15) is 4.98 Å². The molecule has 0 aliphatic heterocycles. The largest absolute Gasteiger partial charge is 0.385 e. The van der Waals surface area contributed by atoms with E-state index in [1.54, 1.807) is 6.07 Å². The van der Waals surface area contributed by atoms with Crippen LogP contribution in [0.1, 0.15) is 17.5 Å². The van der Waals surface area contributed by atoms with Crippen molar-refractivity contribution in [2.45, 2.75) is 12.8 Å². The van der Waals surface area contributed by atoms with Crippen molar-refractivity contribution in [3.8, 4) is 0 Å². The number of aromatic nitrogens is 2. The van der Waals surface area contributed by atoms with Gasteiger partial charge in [-0.15, -0.1) is 0 Å². The summed E-state index contributed by atoms with van der Waals surface area (Å²) in [6.45, 7) is 0.591. The number of aromatic amines is 1. The fourth-order valence-corrected chi connectivity index (χ4v) is 2.99. The normalized spacial score (nSPS) is 11.7. The van der Waals surface area contributed by atoms with Crippen LogP contribution < -0.4 is 27.2 Å². The van der Waals surface area contributed by atoms with Crippen LogP contribution in [0.2, 0.25) is 0 Å². The molecule has 10 nitrogen and oxygen atoms in total. The molecule has 28 heavy (non-hydrogen) atoms. The highest BCUT2D eigenvalue weighted by atomic mass is 31.2. The van der Waals surface area contributed by atoms with Crippen LogP contribution in [0.25, 0.3) is 6.08 Å². The van der Waals surface area contributed by atoms with Gasteiger partial charge in [0.25, 0.3) is 5.56 Å². The average molecular weight is 408 g/mol. The Labute approximate surface area is 162 Å². The summed E-state index contributed by atoms with van der Waals surface area (Å²) in [5, 5.41) is 3.26. The molecule has 0 bridgehead atoms. The van der Waals surface area contributed by atoms with Gasteiger partial charge in [-0.1, -0.05) is 6.07 Å². The summed E-state index contributed by atoms with van der Waals surface area (Å²) >= 11 is 0. The molecule has 8 N–H and O–H groups in total. The van der Waals surface area contributed by atoms with Gasteiger partial charge >= 0.3 is 7.60 Å². The van der Waals surface area contributed by atoms with E-state index in [2.05, 4.69) is 15.3 Å². The highest BCUT2D eigenvalue weighted by Crippen LogP contribution is 2.38. The van der Waals surface area contributed by atoms with Crippen molar-refractivity contribution in [2.75, 3.05) is 42.3 Å². The lowest BCUT2D eigenvalue weighted by Crippen LogP contribution is -2.20. The van der Waals surface area contributed by atoms with E-state index in [-0.39, 0.29) is 17.3 Å². The monoisotopic (exact) mass is 408 g/mol. The van der Waals surface area contributed by atoms with Gasteiger partial charge in [-0.3, -0.25) is 14.3 Å². The number of rotatable bonds is 8. The third kappa shape index (κ3) is 6.12. The maximum absolute atomic E-state index is 11.9. The minimum absolute atomic E-state index is 0.00604. The summed E-state index contributed by atoms with van der Waals surface area (Å²) in [6.07, 6.45) is 2.50. The molecule has 11 heteroatoms. The van der Waals surface area contributed by atoms with Gasteiger partial charge in [-0.05, 0) is 36.6 Å².